The van der Waals surface area contributed by atoms with Crippen LogP contribution in [0, 0.1) is 5.82 Å². The number of rotatable bonds is 26. The van der Waals surface area contributed by atoms with E-state index in [1.807, 2.05) is 73.8 Å². The van der Waals surface area contributed by atoms with E-state index in [4.69, 9.17) is 9.47 Å². The number of ether oxygens (including phenoxy) is 2. The van der Waals surface area contributed by atoms with Crippen LogP contribution >= 0.6 is 48.6 Å². The van der Waals surface area contributed by atoms with Gasteiger partial charge in [0.05, 0.1) is 35.7 Å². The SMILES string of the molecule is CN(CCN1CCC(N(C(=O)O)c2ccccc2-c2ccccc2)CC1)C(=O)CCCCCNc1ncc(C(=O)N(C)CCCN(C)C(=O)CO[C@H]2Cc3ccccc3C23CCN(CC[C@]2(c4ccc(F)cc4)CN(C(=O)c4cc(C(F)(F)F)cc(C(F)(F)F)c4)CO2)CC3)s1.Cl.Cl.Cl. The van der Waals surface area contributed by atoms with Crippen LogP contribution in [0.3, 0.4) is 0 Å². The topological polar surface area (TPSA) is 172 Å². The second-order valence-electron chi connectivity index (χ2n) is 25.6. The number of carbonyl (C=O) groups excluding carboxylic acids is 4. The molecule has 0 unspecified atom stereocenters. The van der Waals surface area contributed by atoms with Gasteiger partial charge in [-0.2, -0.15) is 26.3 Å². The molecule has 3 fully saturated rings. The number of alkyl halides is 6. The molecule has 0 bridgehead atoms. The highest BCUT2D eigenvalue weighted by molar-refractivity contribution is 7.17. The summed E-state index contributed by atoms with van der Waals surface area (Å²) in [4.78, 5) is 83.6. The molecule has 6 aromatic rings. The fourth-order valence-electron chi connectivity index (χ4n) is 13.8. The van der Waals surface area contributed by atoms with E-state index < -0.39 is 64.6 Å². The summed E-state index contributed by atoms with van der Waals surface area (Å²) < 4.78 is 110. The van der Waals surface area contributed by atoms with Crippen molar-refractivity contribution < 1.29 is 69.3 Å². The molecule has 28 heteroatoms. The van der Waals surface area contributed by atoms with Gasteiger partial charge >= 0.3 is 18.4 Å². The molecule has 2 atom stereocenters. The first-order valence-electron chi connectivity index (χ1n) is 32.6. The fraction of sp³-hybridized carbons (Fsp3) is 0.465. The van der Waals surface area contributed by atoms with Crippen LogP contribution in [0.15, 0.2) is 128 Å². The zero-order chi connectivity index (χ0) is 68.4. The summed E-state index contributed by atoms with van der Waals surface area (Å²) >= 11 is 1.27. The van der Waals surface area contributed by atoms with Gasteiger partial charge in [0.1, 0.15) is 29.6 Å². The number of unbranched alkanes of at least 4 members (excludes halogenated alkanes) is 2. The van der Waals surface area contributed by atoms with Crippen molar-refractivity contribution in [3.05, 3.63) is 172 Å². The molecule has 538 valence electrons. The Morgan fingerprint density at radius 2 is 1.34 bits per heavy atom. The summed E-state index contributed by atoms with van der Waals surface area (Å²) in [5.74, 6) is -1.92. The number of hydrogen-bond donors (Lipinski definition) is 2. The number of benzene rings is 5. The molecule has 3 saturated heterocycles. The van der Waals surface area contributed by atoms with Crippen LogP contribution in [0.5, 0.6) is 0 Å². The maximum Gasteiger partial charge on any atom is 0.416 e. The van der Waals surface area contributed by atoms with Gasteiger partial charge in [0, 0.05) is 103 Å². The van der Waals surface area contributed by atoms with Crippen molar-refractivity contribution in [2.75, 3.05) is 117 Å². The van der Waals surface area contributed by atoms with E-state index in [9.17, 15) is 59.8 Å². The van der Waals surface area contributed by atoms with Crippen LogP contribution in [0.1, 0.15) is 112 Å². The van der Waals surface area contributed by atoms with Crippen molar-refractivity contribution in [1.29, 1.82) is 0 Å². The number of fused-ring (bicyclic) bond motifs is 2. The lowest BCUT2D eigenvalue weighted by atomic mass is 9.72. The minimum atomic E-state index is -5.15. The number of carboxylic acid groups (broad SMARTS) is 1. The van der Waals surface area contributed by atoms with E-state index in [-0.39, 0.29) is 92.7 Å². The van der Waals surface area contributed by atoms with Gasteiger partial charge < -0.3 is 49.3 Å². The lowest BCUT2D eigenvalue weighted by Crippen LogP contribution is -2.50. The smallest absolute Gasteiger partial charge is 0.416 e. The van der Waals surface area contributed by atoms with Gasteiger partial charge in [-0.05, 0) is 130 Å². The molecule has 5 aromatic carbocycles. The van der Waals surface area contributed by atoms with Crippen molar-refractivity contribution in [3.8, 4) is 11.1 Å². The van der Waals surface area contributed by atoms with E-state index in [0.29, 0.717) is 131 Å². The van der Waals surface area contributed by atoms with E-state index in [1.165, 1.54) is 40.5 Å². The molecule has 4 heterocycles. The molecule has 1 aliphatic carbocycles. The normalized spacial score (nSPS) is 17.8. The van der Waals surface area contributed by atoms with Crippen LogP contribution in [-0.4, -0.2) is 188 Å². The Kier molecular flexibility index (Phi) is 28.0. The maximum absolute atomic E-state index is 14.2. The molecule has 17 nitrogen and oxygen atoms in total. The standard InChI is InChI=1S/C71H82F7N9O8S.3ClH/c1-81(32-14-33-83(3)65(91)60-45-80-66(96-60)79-31-13-5-8-21-62(88)82(2)39-40-84-34-26-56(27-35-84)87(67(92)93)59-20-12-10-18-57(59)49-15-6-4-7-16-49)63(89)46-94-61-43-50-17-9-11-19-58(50)68(61)28-36-85(37-29-68)38-30-69(52-22-24-55(72)25-23-52)47-86(48-95-69)64(90)51-41-53(70(73,74)75)44-54(42-51)71(76,77)78;;;/h4,6-7,9-12,15-20,22-25,41-42,44-45,56,61H,5,8,13-14,21,26-40,43,46-48H2,1-3H3,(H,79,80)(H,92,93);3*1H/t61-,69+;;;/m0.../s1. The average molecular weight is 1460 g/mol. The van der Waals surface area contributed by atoms with Crippen molar-refractivity contribution >= 4 is 89.1 Å². The summed E-state index contributed by atoms with van der Waals surface area (Å²) in [6, 6.07) is 31.6. The van der Waals surface area contributed by atoms with Gasteiger partial charge in [-0.15, -0.1) is 37.2 Å². The van der Waals surface area contributed by atoms with Gasteiger partial charge in [-0.25, -0.2) is 14.2 Å². The van der Waals surface area contributed by atoms with Crippen LogP contribution in [0.25, 0.3) is 11.1 Å². The largest absolute Gasteiger partial charge is 0.465 e. The zero-order valence-electron chi connectivity index (χ0n) is 55.4. The number of nitrogens with zero attached hydrogens (tertiary/aromatic N) is 8. The van der Waals surface area contributed by atoms with Gasteiger partial charge in [0.2, 0.25) is 11.8 Å². The van der Waals surface area contributed by atoms with Gasteiger partial charge in [-0.1, -0.05) is 103 Å². The average Bonchev–Trinajstić information content (AvgIpc) is 1.64. The molecule has 2 N–H and O–H groups in total. The van der Waals surface area contributed by atoms with Crippen LogP contribution in [0.4, 0.5) is 46.3 Å². The highest BCUT2D eigenvalue weighted by atomic mass is 35.5. The van der Waals surface area contributed by atoms with E-state index in [1.54, 1.807) is 35.0 Å². The Bertz CT molecular complexity index is 3650. The number of likely N-dealkylation sites (tertiary alicyclic amines) is 2. The first-order valence-corrected chi connectivity index (χ1v) is 33.5. The second-order valence-corrected chi connectivity index (χ2v) is 26.6. The number of hydrogen-bond acceptors (Lipinski definition) is 12. The van der Waals surface area contributed by atoms with E-state index >= 15 is 0 Å². The summed E-state index contributed by atoms with van der Waals surface area (Å²) in [7, 11) is 5.25. The summed E-state index contributed by atoms with van der Waals surface area (Å²) in [5.41, 5.74) is -0.380. The number of para-hydroxylation sites is 1. The lowest BCUT2D eigenvalue weighted by Gasteiger charge is -2.44. The lowest BCUT2D eigenvalue weighted by molar-refractivity contribution is -0.143. The number of likely N-dealkylation sites (N-methyl/N-ethyl adjacent to an activating group) is 2. The predicted octanol–water partition coefficient (Wildman–Crippen LogP) is 13.6. The molecular weight excluding hydrogens is 1380 g/mol. The molecular formula is C71H85Cl3F7N9O8S. The van der Waals surface area contributed by atoms with Gasteiger partial charge in [0.25, 0.3) is 11.8 Å². The second kappa shape index (κ2) is 35.0. The first-order chi connectivity index (χ1) is 45.9. The first kappa shape index (κ1) is 79.2. The molecule has 10 rings (SSSR count). The third kappa shape index (κ3) is 19.5. The number of amides is 5. The number of aromatic nitrogens is 1. The van der Waals surface area contributed by atoms with E-state index in [2.05, 4.69) is 32.2 Å². The number of anilines is 2. The molecule has 99 heavy (non-hydrogen) atoms. The van der Waals surface area contributed by atoms with Crippen molar-refractivity contribution in [2.45, 2.75) is 106 Å². The minimum absolute atomic E-state index is 0. The Balaban J connectivity index is 0.00000459. The summed E-state index contributed by atoms with van der Waals surface area (Å²) in [5, 5.41) is 14.3. The highest BCUT2D eigenvalue weighted by Gasteiger charge is 2.50. The highest BCUT2D eigenvalue weighted by Crippen LogP contribution is 2.49. The molecule has 0 saturated carbocycles. The molecule has 1 spiro atoms. The maximum atomic E-state index is 14.2. The minimum Gasteiger partial charge on any atom is -0.465 e. The molecule has 3 aliphatic heterocycles. The monoisotopic (exact) mass is 1460 g/mol. The Morgan fingerprint density at radius 1 is 0.717 bits per heavy atom. The summed E-state index contributed by atoms with van der Waals surface area (Å²) in [6.07, 6.45) is -3.11. The Hall–Kier alpha value is -7.10. The predicted molar refractivity (Wildman–Crippen MR) is 373 cm³/mol. The molecule has 5 amide bonds. The third-order valence-corrected chi connectivity index (χ3v) is 20.3. The Morgan fingerprint density at radius 3 is 2.02 bits per heavy atom. The number of thiazole rings is 1. The zero-order valence-corrected chi connectivity index (χ0v) is 58.7. The number of nitrogens with one attached hydrogen (secondary N) is 1. The van der Waals surface area contributed by atoms with Crippen molar-refractivity contribution in [3.63, 3.8) is 0 Å². The quantitative estimate of drug-likeness (QED) is 0.0390. The number of halogens is 10. The van der Waals surface area contributed by atoms with Gasteiger partial charge in [-0.3, -0.25) is 24.1 Å². The molecule has 0 radical (unpaired) electrons. The third-order valence-electron chi connectivity index (χ3n) is 19.4. The Labute approximate surface area is 595 Å². The van der Waals surface area contributed by atoms with Crippen molar-refractivity contribution in [1.82, 2.24) is 34.4 Å². The fourth-order valence-corrected chi connectivity index (χ4v) is 14.6. The van der Waals surface area contributed by atoms with Crippen LogP contribution in [0.2, 0.25) is 0 Å². The van der Waals surface area contributed by atoms with Crippen molar-refractivity contribution in [2.24, 2.45) is 0 Å². The van der Waals surface area contributed by atoms with Crippen LogP contribution < -0.4 is 10.2 Å². The number of carbonyl (C=O) groups is 5. The van der Waals surface area contributed by atoms with Crippen LogP contribution in [-0.2, 0) is 48.9 Å². The molecule has 1 aromatic heterocycles. The number of piperidine rings is 2. The molecule has 4 aliphatic rings. The summed E-state index contributed by atoms with van der Waals surface area (Å²) in [6.45, 7) is 4.99. The van der Waals surface area contributed by atoms with E-state index in [0.717, 1.165) is 59.5 Å². The van der Waals surface area contributed by atoms with Gasteiger partial charge in [0.15, 0.2) is 5.13 Å².